The summed E-state index contributed by atoms with van der Waals surface area (Å²) >= 11 is 0. The second-order valence-corrected chi connectivity index (χ2v) is 4.85. The molecule has 3 rings (SSSR count). The quantitative estimate of drug-likeness (QED) is 0.854. The van der Waals surface area contributed by atoms with E-state index in [4.69, 9.17) is 5.73 Å². The first-order valence-corrected chi connectivity index (χ1v) is 6.10. The third-order valence-electron chi connectivity index (χ3n) is 3.49. The van der Waals surface area contributed by atoms with Gasteiger partial charge in [0.25, 0.3) is 5.91 Å². The van der Waals surface area contributed by atoms with Crippen LogP contribution in [-0.2, 0) is 0 Å². The molecule has 18 heavy (non-hydrogen) atoms. The molecule has 0 unspecified atom stereocenters. The highest BCUT2D eigenvalue weighted by molar-refractivity contribution is 5.98. The van der Waals surface area contributed by atoms with Gasteiger partial charge in [-0.1, -0.05) is 6.07 Å². The summed E-state index contributed by atoms with van der Waals surface area (Å²) in [6.07, 6.45) is 3.70. The van der Waals surface area contributed by atoms with Gasteiger partial charge in [-0.25, -0.2) is 0 Å². The van der Waals surface area contributed by atoms with Crippen LogP contribution in [0.15, 0.2) is 36.5 Å². The Morgan fingerprint density at radius 1 is 1.39 bits per heavy atom. The van der Waals surface area contributed by atoms with E-state index in [0.29, 0.717) is 12.1 Å². The number of aromatic nitrogens is 1. The van der Waals surface area contributed by atoms with E-state index in [0.717, 1.165) is 23.7 Å². The molecule has 3 N–H and O–H groups in total. The lowest BCUT2D eigenvalue weighted by Gasteiger charge is -2.14. The molecule has 1 saturated carbocycles. The maximum Gasteiger partial charge on any atom is 0.251 e. The van der Waals surface area contributed by atoms with Crippen molar-refractivity contribution < 1.29 is 4.79 Å². The summed E-state index contributed by atoms with van der Waals surface area (Å²) < 4.78 is 0. The number of nitrogens with one attached hydrogen (secondary N) is 1. The van der Waals surface area contributed by atoms with Crippen LogP contribution in [0.4, 0.5) is 0 Å². The van der Waals surface area contributed by atoms with E-state index in [-0.39, 0.29) is 11.4 Å². The number of hydrogen-bond acceptors (Lipinski definition) is 3. The van der Waals surface area contributed by atoms with E-state index in [9.17, 15) is 4.79 Å². The van der Waals surface area contributed by atoms with E-state index >= 15 is 0 Å². The Kier molecular flexibility index (Phi) is 2.52. The zero-order valence-electron chi connectivity index (χ0n) is 10.0. The highest BCUT2D eigenvalue weighted by Gasteiger charge is 2.42. The molecule has 1 aromatic heterocycles. The molecule has 1 aliphatic rings. The molecule has 92 valence electrons. The number of pyridine rings is 1. The van der Waals surface area contributed by atoms with Crippen LogP contribution in [0.3, 0.4) is 0 Å². The molecule has 1 heterocycles. The van der Waals surface area contributed by atoms with Gasteiger partial charge in [0.2, 0.25) is 0 Å². The van der Waals surface area contributed by atoms with Gasteiger partial charge in [-0.2, -0.15) is 0 Å². The predicted octanol–water partition coefficient (Wildman–Crippen LogP) is 1.46. The van der Waals surface area contributed by atoms with Crippen LogP contribution in [0.25, 0.3) is 10.9 Å². The normalized spacial score (nSPS) is 16.5. The van der Waals surface area contributed by atoms with Crippen molar-refractivity contribution in [3.8, 4) is 0 Å². The van der Waals surface area contributed by atoms with E-state index in [1.807, 2.05) is 24.3 Å². The van der Waals surface area contributed by atoms with Gasteiger partial charge in [0.05, 0.1) is 11.1 Å². The summed E-state index contributed by atoms with van der Waals surface area (Å²) in [6, 6.07) is 9.36. The van der Waals surface area contributed by atoms with Crippen molar-refractivity contribution in [1.29, 1.82) is 0 Å². The van der Waals surface area contributed by atoms with Crippen LogP contribution < -0.4 is 11.1 Å². The van der Waals surface area contributed by atoms with Gasteiger partial charge in [-0.15, -0.1) is 0 Å². The Bertz CT molecular complexity index is 605. The lowest BCUT2D eigenvalue weighted by Crippen LogP contribution is -2.42. The monoisotopic (exact) mass is 241 g/mol. The summed E-state index contributed by atoms with van der Waals surface area (Å²) in [5, 5.41) is 3.99. The number of carbonyl (C=O) groups is 1. The van der Waals surface area contributed by atoms with Crippen molar-refractivity contribution in [2.75, 3.05) is 6.54 Å². The Labute approximate surface area is 105 Å². The Morgan fingerprint density at radius 3 is 2.94 bits per heavy atom. The third-order valence-corrected chi connectivity index (χ3v) is 3.49. The van der Waals surface area contributed by atoms with Crippen LogP contribution in [0.5, 0.6) is 0 Å². The molecule has 0 bridgehead atoms. The largest absolute Gasteiger partial charge is 0.345 e. The molecule has 0 radical (unpaired) electrons. The minimum absolute atomic E-state index is 0.0521. The summed E-state index contributed by atoms with van der Waals surface area (Å²) in [6.45, 7) is 0.508. The Balaban J connectivity index is 1.87. The van der Waals surface area contributed by atoms with Crippen molar-refractivity contribution >= 4 is 16.8 Å². The minimum Gasteiger partial charge on any atom is -0.345 e. The molecule has 4 heteroatoms. The highest BCUT2D eigenvalue weighted by Crippen LogP contribution is 2.34. The standard InChI is InChI=1S/C14H15N3O/c15-9-14(5-6-14)17-13(18)11-3-4-12-10(8-11)2-1-7-16-12/h1-4,7-8H,5-6,9,15H2,(H,17,18). The summed E-state index contributed by atoms with van der Waals surface area (Å²) in [5.41, 5.74) is 7.07. The van der Waals surface area contributed by atoms with E-state index < -0.39 is 0 Å². The maximum atomic E-state index is 12.1. The van der Waals surface area contributed by atoms with Gasteiger partial charge in [-0.05, 0) is 37.1 Å². The van der Waals surface area contributed by atoms with Gasteiger partial charge < -0.3 is 11.1 Å². The number of benzene rings is 1. The Morgan fingerprint density at radius 2 is 2.22 bits per heavy atom. The fourth-order valence-electron chi connectivity index (χ4n) is 2.06. The highest BCUT2D eigenvalue weighted by atomic mass is 16.1. The molecule has 0 saturated heterocycles. The number of carbonyl (C=O) groups excluding carboxylic acids is 1. The second kappa shape index (κ2) is 4.07. The first-order chi connectivity index (χ1) is 8.72. The lowest BCUT2D eigenvalue weighted by atomic mass is 10.1. The number of rotatable bonds is 3. The van der Waals surface area contributed by atoms with Gasteiger partial charge in [0.15, 0.2) is 0 Å². The van der Waals surface area contributed by atoms with Gasteiger partial charge in [-0.3, -0.25) is 9.78 Å². The van der Waals surface area contributed by atoms with Crippen LogP contribution in [0.1, 0.15) is 23.2 Å². The van der Waals surface area contributed by atoms with Crippen molar-refractivity contribution in [2.24, 2.45) is 5.73 Å². The zero-order valence-corrected chi connectivity index (χ0v) is 10.0. The van der Waals surface area contributed by atoms with Crippen LogP contribution >= 0.6 is 0 Å². The van der Waals surface area contributed by atoms with Crippen LogP contribution in [0, 0.1) is 0 Å². The molecule has 0 atom stereocenters. The average Bonchev–Trinajstić information content (AvgIpc) is 3.18. The van der Waals surface area contributed by atoms with E-state index in [1.165, 1.54) is 0 Å². The van der Waals surface area contributed by atoms with E-state index in [2.05, 4.69) is 10.3 Å². The van der Waals surface area contributed by atoms with Crippen molar-refractivity contribution in [2.45, 2.75) is 18.4 Å². The van der Waals surface area contributed by atoms with Gasteiger partial charge in [0, 0.05) is 23.7 Å². The fraction of sp³-hybridized carbons (Fsp3) is 0.286. The third kappa shape index (κ3) is 1.95. The molecular weight excluding hydrogens is 226 g/mol. The minimum atomic E-state index is -0.152. The Hall–Kier alpha value is -1.94. The predicted molar refractivity (Wildman–Crippen MR) is 70.2 cm³/mol. The first kappa shape index (κ1) is 11.2. The molecule has 1 aliphatic carbocycles. The molecule has 1 amide bonds. The van der Waals surface area contributed by atoms with Gasteiger partial charge >= 0.3 is 0 Å². The van der Waals surface area contributed by atoms with Crippen molar-refractivity contribution in [3.63, 3.8) is 0 Å². The topological polar surface area (TPSA) is 68.0 Å². The molecule has 1 fully saturated rings. The molecule has 1 aromatic carbocycles. The average molecular weight is 241 g/mol. The fourth-order valence-corrected chi connectivity index (χ4v) is 2.06. The SMILES string of the molecule is NCC1(NC(=O)c2ccc3ncccc3c2)CC1. The number of nitrogens with zero attached hydrogens (tertiary/aromatic N) is 1. The zero-order chi connectivity index (χ0) is 12.6. The maximum absolute atomic E-state index is 12.1. The molecule has 2 aromatic rings. The molecule has 0 spiro atoms. The van der Waals surface area contributed by atoms with Crippen molar-refractivity contribution in [3.05, 3.63) is 42.1 Å². The van der Waals surface area contributed by atoms with E-state index in [1.54, 1.807) is 12.3 Å². The molecule has 0 aliphatic heterocycles. The lowest BCUT2D eigenvalue weighted by molar-refractivity contribution is 0.0933. The summed E-state index contributed by atoms with van der Waals surface area (Å²) in [7, 11) is 0. The second-order valence-electron chi connectivity index (χ2n) is 4.85. The van der Waals surface area contributed by atoms with Crippen LogP contribution in [0.2, 0.25) is 0 Å². The molecule has 4 nitrogen and oxygen atoms in total. The van der Waals surface area contributed by atoms with Crippen LogP contribution in [-0.4, -0.2) is 23.0 Å². The van der Waals surface area contributed by atoms with Gasteiger partial charge in [0.1, 0.15) is 0 Å². The molecular formula is C14H15N3O. The summed E-state index contributed by atoms with van der Waals surface area (Å²) in [4.78, 5) is 16.3. The smallest absolute Gasteiger partial charge is 0.251 e. The number of hydrogen-bond donors (Lipinski definition) is 2. The summed E-state index contributed by atoms with van der Waals surface area (Å²) in [5.74, 6) is -0.0521. The number of fused-ring (bicyclic) bond motifs is 1. The first-order valence-electron chi connectivity index (χ1n) is 6.10. The number of amides is 1. The number of nitrogens with two attached hydrogens (primary N) is 1. The van der Waals surface area contributed by atoms with Crippen molar-refractivity contribution in [1.82, 2.24) is 10.3 Å².